The molecule has 3 heterocycles. The number of aromatic amines is 2. The van der Waals surface area contributed by atoms with Crippen LogP contribution in [0, 0.1) is 6.92 Å². The number of anilines is 1. The number of rotatable bonds is 8. The van der Waals surface area contributed by atoms with Crippen molar-refractivity contribution in [3.8, 4) is 11.4 Å². The summed E-state index contributed by atoms with van der Waals surface area (Å²) >= 11 is 0. The monoisotopic (exact) mass is 552 g/mol. The first-order valence-electron chi connectivity index (χ1n) is 13.0. The Balaban J connectivity index is 1.41. The second kappa shape index (κ2) is 10.5. The fourth-order valence-electron chi connectivity index (χ4n) is 5.05. The fourth-order valence-corrected chi connectivity index (χ4v) is 5.05. The van der Waals surface area contributed by atoms with E-state index in [4.69, 9.17) is 0 Å². The van der Waals surface area contributed by atoms with Gasteiger partial charge in [0.1, 0.15) is 11.4 Å². The molecule has 1 aliphatic rings. The molecule has 0 fully saturated rings. The molecule has 0 aliphatic carbocycles. The normalized spacial score (nSPS) is 14.3. The standard InChI is InChI=1S/C29H31F3N6O2/c1-16-5-6-20(29(30,31)32)12-18(16)11-17(2)34-22-7-8-33-27(39)25(22)26-35-23-13-19-15-38(10-9-37(3)4)28(40)21(19)14-24(23)36-26/h5-8,12-14,17H,9-11,15H2,1-4H3,(H,35,36)(H2,33,34,39). The number of hydrogen-bond donors (Lipinski definition) is 3. The number of hydrogen-bond acceptors (Lipinski definition) is 5. The van der Waals surface area contributed by atoms with E-state index in [0.717, 1.165) is 23.7 Å². The molecule has 11 heteroatoms. The molecule has 0 saturated heterocycles. The molecule has 2 aromatic heterocycles. The highest BCUT2D eigenvalue weighted by Crippen LogP contribution is 2.32. The van der Waals surface area contributed by atoms with Gasteiger partial charge in [0.2, 0.25) is 0 Å². The number of nitrogens with zero attached hydrogens (tertiary/aromatic N) is 3. The van der Waals surface area contributed by atoms with Gasteiger partial charge in [-0.3, -0.25) is 9.59 Å². The van der Waals surface area contributed by atoms with Crippen molar-refractivity contribution in [2.45, 2.75) is 39.0 Å². The number of pyridine rings is 1. The largest absolute Gasteiger partial charge is 0.416 e. The molecular formula is C29H31F3N6O2. The van der Waals surface area contributed by atoms with Gasteiger partial charge < -0.3 is 25.1 Å². The zero-order valence-corrected chi connectivity index (χ0v) is 22.7. The third kappa shape index (κ3) is 5.46. The van der Waals surface area contributed by atoms with Gasteiger partial charge in [0, 0.05) is 37.4 Å². The quantitative estimate of drug-likeness (QED) is 0.292. The lowest BCUT2D eigenvalue weighted by Crippen LogP contribution is -2.31. The second-order valence-electron chi connectivity index (χ2n) is 10.6. The summed E-state index contributed by atoms with van der Waals surface area (Å²) in [5.74, 6) is 0.296. The Kier molecular flexibility index (Phi) is 7.17. The van der Waals surface area contributed by atoms with Crippen LogP contribution in [0.2, 0.25) is 0 Å². The van der Waals surface area contributed by atoms with E-state index in [0.29, 0.717) is 53.2 Å². The van der Waals surface area contributed by atoms with Gasteiger partial charge in [0.25, 0.3) is 11.5 Å². The minimum absolute atomic E-state index is 0.0399. The van der Waals surface area contributed by atoms with E-state index in [1.807, 2.05) is 36.9 Å². The topological polar surface area (TPSA) is 97.1 Å². The number of amides is 1. The van der Waals surface area contributed by atoms with Gasteiger partial charge in [-0.2, -0.15) is 13.2 Å². The summed E-state index contributed by atoms with van der Waals surface area (Å²) in [4.78, 5) is 40.3. The number of likely N-dealkylation sites (N-methyl/N-ethyl adjacent to an activating group) is 1. The van der Waals surface area contributed by atoms with Crippen LogP contribution in [0.1, 0.15) is 39.5 Å². The lowest BCUT2D eigenvalue weighted by atomic mass is 9.98. The third-order valence-electron chi connectivity index (χ3n) is 7.20. The zero-order valence-electron chi connectivity index (χ0n) is 22.7. The Labute approximate surface area is 229 Å². The first-order chi connectivity index (χ1) is 18.9. The number of alkyl halides is 3. The Morgan fingerprint density at radius 2 is 1.93 bits per heavy atom. The van der Waals surface area contributed by atoms with Gasteiger partial charge in [0.15, 0.2) is 0 Å². The molecule has 8 nitrogen and oxygen atoms in total. The highest BCUT2D eigenvalue weighted by atomic mass is 19.4. The molecule has 1 atom stereocenters. The van der Waals surface area contributed by atoms with E-state index in [9.17, 15) is 22.8 Å². The van der Waals surface area contributed by atoms with Crippen molar-refractivity contribution in [3.05, 3.63) is 80.8 Å². The molecule has 4 aromatic rings. The van der Waals surface area contributed by atoms with Crippen LogP contribution in [0.4, 0.5) is 18.9 Å². The van der Waals surface area contributed by atoms with E-state index in [-0.39, 0.29) is 23.1 Å². The van der Waals surface area contributed by atoms with Crippen molar-refractivity contribution in [2.75, 3.05) is 32.5 Å². The van der Waals surface area contributed by atoms with Crippen molar-refractivity contribution in [1.29, 1.82) is 0 Å². The number of carbonyl (C=O) groups is 1. The average Bonchev–Trinajstić information content (AvgIpc) is 3.41. The van der Waals surface area contributed by atoms with Gasteiger partial charge in [0.05, 0.1) is 22.3 Å². The number of H-pyrrole nitrogens is 2. The summed E-state index contributed by atoms with van der Waals surface area (Å²) in [5.41, 5.74) is 3.83. The number of aromatic nitrogens is 3. The molecule has 0 radical (unpaired) electrons. The van der Waals surface area contributed by atoms with Crippen molar-refractivity contribution in [2.24, 2.45) is 0 Å². The van der Waals surface area contributed by atoms with Crippen LogP contribution >= 0.6 is 0 Å². The minimum atomic E-state index is -4.42. The van der Waals surface area contributed by atoms with Crippen LogP contribution in [0.25, 0.3) is 22.4 Å². The smallest absolute Gasteiger partial charge is 0.381 e. The maximum atomic E-state index is 13.3. The molecule has 1 aliphatic heterocycles. The van der Waals surface area contributed by atoms with E-state index < -0.39 is 11.7 Å². The van der Waals surface area contributed by atoms with E-state index in [1.165, 1.54) is 18.3 Å². The molecule has 210 valence electrons. The first kappa shape index (κ1) is 27.4. The van der Waals surface area contributed by atoms with Gasteiger partial charge in [-0.15, -0.1) is 0 Å². The summed E-state index contributed by atoms with van der Waals surface area (Å²) in [7, 11) is 3.92. The van der Waals surface area contributed by atoms with Crippen molar-refractivity contribution in [1.82, 2.24) is 24.8 Å². The van der Waals surface area contributed by atoms with Crippen LogP contribution in [0.3, 0.4) is 0 Å². The number of imidazole rings is 1. The van der Waals surface area contributed by atoms with Gasteiger partial charge >= 0.3 is 6.18 Å². The number of aryl methyl sites for hydroxylation is 1. The Morgan fingerprint density at radius 1 is 1.15 bits per heavy atom. The van der Waals surface area contributed by atoms with E-state index in [1.54, 1.807) is 19.1 Å². The maximum absolute atomic E-state index is 13.3. The first-order valence-corrected chi connectivity index (χ1v) is 13.0. The molecule has 0 saturated carbocycles. The lowest BCUT2D eigenvalue weighted by Gasteiger charge is -2.19. The highest BCUT2D eigenvalue weighted by Gasteiger charge is 2.31. The average molecular weight is 553 g/mol. The van der Waals surface area contributed by atoms with Crippen LogP contribution < -0.4 is 10.9 Å². The number of fused-ring (bicyclic) bond motifs is 2. The summed E-state index contributed by atoms with van der Waals surface area (Å²) in [6.07, 6.45) is -2.59. The SMILES string of the molecule is Cc1ccc(C(F)(F)F)cc1CC(C)Nc1cc[nH]c(=O)c1-c1nc2cc3c(cc2[nH]1)CN(CCN(C)C)C3=O. The van der Waals surface area contributed by atoms with Gasteiger partial charge in [-0.1, -0.05) is 6.07 Å². The predicted octanol–water partition coefficient (Wildman–Crippen LogP) is 4.81. The van der Waals surface area contributed by atoms with Crippen LogP contribution in [0.5, 0.6) is 0 Å². The molecule has 0 bridgehead atoms. The van der Waals surface area contributed by atoms with Crippen molar-refractivity contribution < 1.29 is 18.0 Å². The summed E-state index contributed by atoms with van der Waals surface area (Å²) in [6, 6.07) is 8.80. The number of benzene rings is 2. The molecule has 2 aromatic carbocycles. The Bertz CT molecular complexity index is 1640. The van der Waals surface area contributed by atoms with E-state index in [2.05, 4.69) is 20.3 Å². The second-order valence-corrected chi connectivity index (χ2v) is 10.6. The van der Waals surface area contributed by atoms with E-state index >= 15 is 0 Å². The van der Waals surface area contributed by atoms with Crippen molar-refractivity contribution in [3.63, 3.8) is 0 Å². The minimum Gasteiger partial charge on any atom is -0.381 e. The molecule has 40 heavy (non-hydrogen) atoms. The Morgan fingerprint density at radius 3 is 2.65 bits per heavy atom. The van der Waals surface area contributed by atoms with Crippen LogP contribution in [-0.2, 0) is 19.1 Å². The summed E-state index contributed by atoms with van der Waals surface area (Å²) in [6.45, 7) is 5.52. The molecular weight excluding hydrogens is 521 g/mol. The molecule has 1 unspecified atom stereocenters. The summed E-state index contributed by atoms with van der Waals surface area (Å²) < 4.78 is 39.8. The van der Waals surface area contributed by atoms with Crippen LogP contribution in [0.15, 0.2) is 47.4 Å². The summed E-state index contributed by atoms with van der Waals surface area (Å²) in [5, 5.41) is 3.28. The third-order valence-corrected chi connectivity index (χ3v) is 7.20. The Hall–Kier alpha value is -4.12. The van der Waals surface area contributed by atoms with Gasteiger partial charge in [-0.05, 0) is 81.4 Å². The fraction of sp³-hybridized carbons (Fsp3) is 0.345. The molecule has 3 N–H and O–H groups in total. The molecule has 0 spiro atoms. The van der Waals surface area contributed by atoms with Crippen molar-refractivity contribution >= 4 is 22.6 Å². The van der Waals surface area contributed by atoms with Crippen LogP contribution in [-0.4, -0.2) is 63.9 Å². The molecule has 5 rings (SSSR count). The molecule has 1 amide bonds. The highest BCUT2D eigenvalue weighted by molar-refractivity contribution is 6.02. The number of carbonyl (C=O) groups excluding carboxylic acids is 1. The number of halogens is 3. The maximum Gasteiger partial charge on any atom is 0.416 e. The van der Waals surface area contributed by atoms with Gasteiger partial charge in [-0.25, -0.2) is 4.98 Å². The predicted molar refractivity (Wildman–Crippen MR) is 148 cm³/mol. The lowest BCUT2D eigenvalue weighted by molar-refractivity contribution is -0.137. The zero-order chi connectivity index (χ0) is 28.8. The number of nitrogens with one attached hydrogen (secondary N) is 3.